The van der Waals surface area contributed by atoms with Crippen molar-refractivity contribution in [3.05, 3.63) is 35.4 Å². The van der Waals surface area contributed by atoms with Crippen molar-refractivity contribution in [1.82, 2.24) is 10.6 Å². The molecule has 0 bridgehead atoms. The first-order valence-electron chi connectivity index (χ1n) is 7.04. The number of esters is 1. The van der Waals surface area contributed by atoms with Gasteiger partial charge in [-0.3, -0.25) is 9.59 Å². The maximum absolute atomic E-state index is 13.4. The molecule has 0 aromatic heterocycles. The van der Waals surface area contributed by atoms with Gasteiger partial charge in [-0.05, 0) is 25.5 Å². The number of carbonyl (C=O) groups is 3. The minimum absolute atomic E-state index is 0.365. The summed E-state index contributed by atoms with van der Waals surface area (Å²) in [5.41, 5.74) is -0.479. The van der Waals surface area contributed by atoms with Crippen molar-refractivity contribution in [2.24, 2.45) is 0 Å². The van der Waals surface area contributed by atoms with E-state index in [1.165, 1.54) is 6.92 Å². The first kappa shape index (κ1) is 18.5. The highest BCUT2D eigenvalue weighted by molar-refractivity contribution is 5.92. The Kier molecular flexibility index (Phi) is 7.11. The summed E-state index contributed by atoms with van der Waals surface area (Å²) in [6.07, 6.45) is 0.757. The Morgan fingerprint density at radius 3 is 2.57 bits per heavy atom. The predicted octanol–water partition coefficient (Wildman–Crippen LogP) is 1.15. The zero-order chi connectivity index (χ0) is 17.4. The fourth-order valence-electron chi connectivity index (χ4n) is 1.61. The minimum Gasteiger partial charge on any atom is -0.452 e. The van der Waals surface area contributed by atoms with Crippen molar-refractivity contribution in [3.63, 3.8) is 0 Å². The molecule has 1 aromatic rings. The van der Waals surface area contributed by atoms with E-state index in [1.54, 1.807) is 0 Å². The van der Waals surface area contributed by atoms with Crippen LogP contribution in [-0.2, 0) is 14.3 Å². The predicted molar refractivity (Wildman–Crippen MR) is 77.5 cm³/mol. The third-order valence-electron chi connectivity index (χ3n) is 2.81. The van der Waals surface area contributed by atoms with Gasteiger partial charge in [0.1, 0.15) is 17.7 Å². The molecule has 0 heterocycles. The van der Waals surface area contributed by atoms with E-state index in [0.717, 1.165) is 18.6 Å². The van der Waals surface area contributed by atoms with Crippen LogP contribution in [-0.4, -0.2) is 37.0 Å². The molecule has 23 heavy (non-hydrogen) atoms. The average Bonchev–Trinajstić information content (AvgIpc) is 2.50. The second-order valence-corrected chi connectivity index (χ2v) is 4.78. The van der Waals surface area contributed by atoms with Crippen LogP contribution in [0.15, 0.2) is 18.2 Å². The average molecular weight is 328 g/mol. The molecule has 2 N–H and O–H groups in total. The Balaban J connectivity index is 2.46. The fourth-order valence-corrected chi connectivity index (χ4v) is 1.61. The van der Waals surface area contributed by atoms with Crippen molar-refractivity contribution >= 4 is 17.8 Å². The normalized spacial score (nSPS) is 11.5. The summed E-state index contributed by atoms with van der Waals surface area (Å²) in [4.78, 5) is 34.7. The van der Waals surface area contributed by atoms with Gasteiger partial charge in [-0.1, -0.05) is 6.92 Å². The molecule has 2 amide bonds. The van der Waals surface area contributed by atoms with E-state index in [-0.39, 0.29) is 5.91 Å². The molecule has 126 valence electrons. The van der Waals surface area contributed by atoms with E-state index in [2.05, 4.69) is 15.4 Å². The SMILES string of the molecule is CCCNC(=O)[C@H](C)NC(=O)COC(=O)c1ccc(F)cc1F. The zero-order valence-corrected chi connectivity index (χ0v) is 12.8. The van der Waals surface area contributed by atoms with Crippen LogP contribution < -0.4 is 10.6 Å². The third kappa shape index (κ3) is 6.01. The number of carbonyl (C=O) groups excluding carboxylic acids is 3. The van der Waals surface area contributed by atoms with Crippen molar-refractivity contribution in [3.8, 4) is 0 Å². The highest BCUT2D eigenvalue weighted by Gasteiger charge is 2.18. The Labute approximate surface area is 132 Å². The molecule has 0 aliphatic rings. The molecule has 1 aromatic carbocycles. The molecule has 0 aliphatic carbocycles. The summed E-state index contributed by atoms with van der Waals surface area (Å²) in [7, 11) is 0. The Hall–Kier alpha value is -2.51. The largest absolute Gasteiger partial charge is 0.452 e. The van der Waals surface area contributed by atoms with Crippen molar-refractivity contribution in [2.45, 2.75) is 26.3 Å². The minimum atomic E-state index is -1.10. The lowest BCUT2D eigenvalue weighted by Gasteiger charge is -2.13. The fraction of sp³-hybridized carbons (Fsp3) is 0.400. The van der Waals surface area contributed by atoms with Gasteiger partial charge < -0.3 is 15.4 Å². The van der Waals surface area contributed by atoms with Crippen LogP contribution in [0.3, 0.4) is 0 Å². The maximum atomic E-state index is 13.4. The van der Waals surface area contributed by atoms with Crippen LogP contribution >= 0.6 is 0 Å². The second kappa shape index (κ2) is 8.82. The summed E-state index contributed by atoms with van der Waals surface area (Å²) >= 11 is 0. The molecular formula is C15H18F2N2O4. The summed E-state index contributed by atoms with van der Waals surface area (Å²) in [5, 5.41) is 4.93. The van der Waals surface area contributed by atoms with Crippen LogP contribution in [0.25, 0.3) is 0 Å². The van der Waals surface area contributed by atoms with E-state index in [0.29, 0.717) is 12.6 Å². The molecular weight excluding hydrogens is 310 g/mol. The monoisotopic (exact) mass is 328 g/mol. The number of benzene rings is 1. The number of nitrogens with one attached hydrogen (secondary N) is 2. The van der Waals surface area contributed by atoms with Gasteiger partial charge in [0, 0.05) is 12.6 Å². The quantitative estimate of drug-likeness (QED) is 0.736. The Morgan fingerprint density at radius 2 is 1.96 bits per heavy atom. The van der Waals surface area contributed by atoms with Gasteiger partial charge in [-0.15, -0.1) is 0 Å². The molecule has 0 saturated carbocycles. The molecule has 6 nitrogen and oxygen atoms in total. The Morgan fingerprint density at radius 1 is 1.26 bits per heavy atom. The van der Waals surface area contributed by atoms with E-state index in [1.807, 2.05) is 6.92 Å². The van der Waals surface area contributed by atoms with Crippen LogP contribution in [0.4, 0.5) is 8.78 Å². The summed E-state index contributed by atoms with van der Waals surface area (Å²) in [6, 6.07) is 1.57. The number of hydrogen-bond donors (Lipinski definition) is 2. The van der Waals surface area contributed by atoms with Crippen LogP contribution in [0.2, 0.25) is 0 Å². The highest BCUT2D eigenvalue weighted by Crippen LogP contribution is 2.10. The van der Waals surface area contributed by atoms with Gasteiger partial charge in [-0.2, -0.15) is 0 Å². The third-order valence-corrected chi connectivity index (χ3v) is 2.81. The first-order valence-corrected chi connectivity index (χ1v) is 7.04. The van der Waals surface area contributed by atoms with Crippen molar-refractivity contribution in [1.29, 1.82) is 0 Å². The van der Waals surface area contributed by atoms with E-state index < -0.39 is 41.7 Å². The van der Waals surface area contributed by atoms with Crippen LogP contribution in [0.5, 0.6) is 0 Å². The zero-order valence-electron chi connectivity index (χ0n) is 12.8. The number of amides is 2. The highest BCUT2D eigenvalue weighted by atomic mass is 19.1. The smallest absolute Gasteiger partial charge is 0.341 e. The van der Waals surface area contributed by atoms with Gasteiger partial charge in [0.15, 0.2) is 6.61 Å². The molecule has 0 radical (unpaired) electrons. The molecule has 0 fully saturated rings. The van der Waals surface area contributed by atoms with Gasteiger partial charge in [0.25, 0.3) is 5.91 Å². The molecule has 0 spiro atoms. The van der Waals surface area contributed by atoms with Crippen molar-refractivity contribution in [2.75, 3.05) is 13.2 Å². The molecule has 1 atom stereocenters. The molecule has 8 heteroatoms. The van der Waals surface area contributed by atoms with Gasteiger partial charge in [-0.25, -0.2) is 13.6 Å². The lowest BCUT2D eigenvalue weighted by Crippen LogP contribution is -2.46. The topological polar surface area (TPSA) is 84.5 Å². The standard InChI is InChI=1S/C15H18F2N2O4/c1-3-6-18-14(21)9(2)19-13(20)8-23-15(22)11-5-4-10(16)7-12(11)17/h4-5,7,9H,3,6,8H2,1-2H3,(H,18,21)(H,19,20)/t9-/m0/s1. The number of rotatable bonds is 7. The van der Waals surface area contributed by atoms with Gasteiger partial charge in [0.2, 0.25) is 5.91 Å². The van der Waals surface area contributed by atoms with E-state index in [9.17, 15) is 23.2 Å². The maximum Gasteiger partial charge on any atom is 0.341 e. The first-order chi connectivity index (χ1) is 10.8. The summed E-state index contributed by atoms with van der Waals surface area (Å²) in [5.74, 6) is -4.08. The summed E-state index contributed by atoms with van der Waals surface area (Å²) < 4.78 is 30.7. The van der Waals surface area contributed by atoms with Gasteiger partial charge in [0.05, 0.1) is 5.56 Å². The van der Waals surface area contributed by atoms with E-state index >= 15 is 0 Å². The van der Waals surface area contributed by atoms with Gasteiger partial charge >= 0.3 is 5.97 Å². The molecule has 0 saturated heterocycles. The van der Waals surface area contributed by atoms with E-state index in [4.69, 9.17) is 0 Å². The summed E-state index contributed by atoms with van der Waals surface area (Å²) in [6.45, 7) is 3.17. The second-order valence-electron chi connectivity index (χ2n) is 4.78. The van der Waals surface area contributed by atoms with Crippen molar-refractivity contribution < 1.29 is 27.9 Å². The molecule has 0 aliphatic heterocycles. The van der Waals surface area contributed by atoms with Crippen LogP contribution in [0, 0.1) is 11.6 Å². The molecule has 0 unspecified atom stereocenters. The Bertz CT molecular complexity index is 593. The lowest BCUT2D eigenvalue weighted by atomic mass is 10.2. The lowest BCUT2D eigenvalue weighted by molar-refractivity contribution is -0.130. The number of halogens is 2. The molecule has 1 rings (SSSR count). The number of hydrogen-bond acceptors (Lipinski definition) is 4. The number of ether oxygens (including phenoxy) is 1. The van der Waals surface area contributed by atoms with Crippen LogP contribution in [0.1, 0.15) is 30.6 Å².